The Balaban J connectivity index is 2.67. The van der Waals surface area contributed by atoms with Crippen LogP contribution in [0.4, 0.5) is 0 Å². The maximum absolute atomic E-state index is 11.5. The maximum atomic E-state index is 11.5. The van der Waals surface area contributed by atoms with Gasteiger partial charge in [0.15, 0.2) is 6.10 Å². The number of hydrogen-bond acceptors (Lipinski definition) is 3. The van der Waals surface area contributed by atoms with E-state index in [0.29, 0.717) is 11.3 Å². The van der Waals surface area contributed by atoms with Crippen LogP contribution in [-0.4, -0.2) is 31.0 Å². The predicted molar refractivity (Wildman–Crippen MR) is 59.9 cm³/mol. The van der Waals surface area contributed by atoms with Crippen molar-refractivity contribution in [2.75, 3.05) is 14.1 Å². The first kappa shape index (κ1) is 12.1. The van der Waals surface area contributed by atoms with Crippen LogP contribution < -0.4 is 4.74 Å². The van der Waals surface area contributed by atoms with E-state index in [9.17, 15) is 4.79 Å². The summed E-state index contributed by atoms with van der Waals surface area (Å²) in [6.45, 7) is 1.69. The smallest absolute Gasteiger partial charge is 0.262 e. The number of ether oxygens (including phenoxy) is 1. The van der Waals surface area contributed by atoms with Crippen molar-refractivity contribution in [1.82, 2.24) is 4.90 Å². The Morgan fingerprint density at radius 1 is 1.38 bits per heavy atom. The number of nitrogens with zero attached hydrogens (tertiary/aromatic N) is 2. The van der Waals surface area contributed by atoms with Gasteiger partial charge in [-0.3, -0.25) is 4.79 Å². The molecule has 0 bridgehead atoms. The fourth-order valence-electron chi connectivity index (χ4n) is 1.23. The number of likely N-dealkylation sites (N-methyl/N-ethyl adjacent to an activating group) is 1. The van der Waals surface area contributed by atoms with Gasteiger partial charge in [-0.1, -0.05) is 0 Å². The molecule has 1 amide bonds. The van der Waals surface area contributed by atoms with Gasteiger partial charge in [0.25, 0.3) is 5.91 Å². The van der Waals surface area contributed by atoms with E-state index in [0.717, 1.165) is 0 Å². The lowest BCUT2D eigenvalue weighted by molar-refractivity contribution is -0.135. The predicted octanol–water partition coefficient (Wildman–Crippen LogP) is 1.41. The fourth-order valence-corrected chi connectivity index (χ4v) is 1.23. The highest BCUT2D eigenvalue weighted by Gasteiger charge is 2.16. The Bertz CT molecular complexity index is 404. The first-order valence-corrected chi connectivity index (χ1v) is 4.92. The van der Waals surface area contributed by atoms with Gasteiger partial charge in [-0.05, 0) is 31.2 Å². The highest BCUT2D eigenvalue weighted by atomic mass is 16.5. The second kappa shape index (κ2) is 5.17. The molecule has 1 aromatic carbocycles. The van der Waals surface area contributed by atoms with Gasteiger partial charge < -0.3 is 9.64 Å². The number of amides is 1. The van der Waals surface area contributed by atoms with Crippen molar-refractivity contribution >= 4 is 5.91 Å². The number of carbonyl (C=O) groups is 1. The minimum Gasteiger partial charge on any atom is -0.481 e. The van der Waals surface area contributed by atoms with Gasteiger partial charge in [0.05, 0.1) is 11.6 Å². The number of carbonyl (C=O) groups excluding carboxylic acids is 1. The monoisotopic (exact) mass is 218 g/mol. The van der Waals surface area contributed by atoms with Crippen molar-refractivity contribution in [1.29, 1.82) is 5.26 Å². The summed E-state index contributed by atoms with van der Waals surface area (Å²) in [5.74, 6) is 0.492. The number of benzene rings is 1. The molecule has 0 aromatic heterocycles. The van der Waals surface area contributed by atoms with Gasteiger partial charge in [-0.15, -0.1) is 0 Å². The SMILES string of the molecule is C[C@@H](Oc1ccc(C#N)cc1)C(=O)N(C)C. The first-order chi connectivity index (χ1) is 7.54. The molecule has 1 atom stereocenters. The van der Waals surface area contributed by atoms with E-state index in [4.69, 9.17) is 10.00 Å². The molecule has 16 heavy (non-hydrogen) atoms. The van der Waals surface area contributed by atoms with Crippen molar-refractivity contribution in [2.24, 2.45) is 0 Å². The zero-order valence-corrected chi connectivity index (χ0v) is 9.60. The Morgan fingerprint density at radius 3 is 2.38 bits per heavy atom. The van der Waals surface area contributed by atoms with Gasteiger partial charge >= 0.3 is 0 Å². The van der Waals surface area contributed by atoms with Crippen LogP contribution in [0.25, 0.3) is 0 Å². The molecule has 0 fully saturated rings. The Morgan fingerprint density at radius 2 is 1.94 bits per heavy atom. The summed E-state index contributed by atoms with van der Waals surface area (Å²) < 4.78 is 5.44. The minimum absolute atomic E-state index is 0.0932. The van der Waals surface area contributed by atoms with Crippen LogP contribution >= 0.6 is 0 Å². The molecule has 4 nitrogen and oxygen atoms in total. The molecule has 84 valence electrons. The lowest BCUT2D eigenvalue weighted by atomic mass is 10.2. The molecule has 1 rings (SSSR count). The van der Waals surface area contributed by atoms with E-state index < -0.39 is 6.10 Å². The summed E-state index contributed by atoms with van der Waals surface area (Å²) in [6, 6.07) is 8.68. The summed E-state index contributed by atoms with van der Waals surface area (Å²) in [5, 5.41) is 8.62. The average Bonchev–Trinajstić information content (AvgIpc) is 2.28. The number of hydrogen-bond donors (Lipinski definition) is 0. The van der Waals surface area contributed by atoms with Gasteiger partial charge in [0.1, 0.15) is 5.75 Å². The third-order valence-electron chi connectivity index (χ3n) is 2.08. The maximum Gasteiger partial charge on any atom is 0.262 e. The average molecular weight is 218 g/mol. The van der Waals surface area contributed by atoms with Crippen LogP contribution in [0.5, 0.6) is 5.75 Å². The quantitative estimate of drug-likeness (QED) is 0.770. The minimum atomic E-state index is -0.525. The van der Waals surface area contributed by atoms with E-state index in [1.54, 1.807) is 45.3 Å². The van der Waals surface area contributed by atoms with E-state index in [1.807, 2.05) is 6.07 Å². The summed E-state index contributed by atoms with van der Waals surface area (Å²) in [5.41, 5.74) is 0.568. The third-order valence-corrected chi connectivity index (χ3v) is 2.08. The Kier molecular flexibility index (Phi) is 3.90. The molecule has 0 aliphatic heterocycles. The Hall–Kier alpha value is -2.02. The topological polar surface area (TPSA) is 53.3 Å². The second-order valence-electron chi connectivity index (χ2n) is 3.63. The van der Waals surface area contributed by atoms with Crippen molar-refractivity contribution in [2.45, 2.75) is 13.0 Å². The zero-order chi connectivity index (χ0) is 12.1. The summed E-state index contributed by atoms with van der Waals surface area (Å²) in [7, 11) is 3.36. The molecule has 0 N–H and O–H groups in total. The largest absolute Gasteiger partial charge is 0.481 e. The zero-order valence-electron chi connectivity index (χ0n) is 9.60. The van der Waals surface area contributed by atoms with Crippen LogP contribution in [0.1, 0.15) is 12.5 Å². The van der Waals surface area contributed by atoms with Crippen LogP contribution in [0, 0.1) is 11.3 Å². The van der Waals surface area contributed by atoms with E-state index in [2.05, 4.69) is 0 Å². The molecule has 1 aromatic rings. The first-order valence-electron chi connectivity index (χ1n) is 4.92. The Labute approximate surface area is 95.0 Å². The molecule has 4 heteroatoms. The van der Waals surface area contributed by atoms with Crippen molar-refractivity contribution in [3.8, 4) is 11.8 Å². The van der Waals surface area contributed by atoms with Crippen LogP contribution in [-0.2, 0) is 4.79 Å². The third kappa shape index (κ3) is 2.99. The molecule has 0 aliphatic carbocycles. The van der Waals surface area contributed by atoms with E-state index >= 15 is 0 Å². The molecule has 0 spiro atoms. The molecular formula is C12H14N2O2. The molecule has 0 saturated heterocycles. The van der Waals surface area contributed by atoms with Gasteiger partial charge in [-0.25, -0.2) is 0 Å². The molecule has 0 unspecified atom stereocenters. The van der Waals surface area contributed by atoms with Crippen LogP contribution in [0.3, 0.4) is 0 Å². The van der Waals surface area contributed by atoms with Crippen molar-refractivity contribution < 1.29 is 9.53 Å². The molecular weight excluding hydrogens is 204 g/mol. The van der Waals surface area contributed by atoms with Crippen molar-refractivity contribution in [3.05, 3.63) is 29.8 Å². The van der Waals surface area contributed by atoms with Crippen LogP contribution in [0.15, 0.2) is 24.3 Å². The molecule has 0 heterocycles. The van der Waals surface area contributed by atoms with Crippen molar-refractivity contribution in [3.63, 3.8) is 0 Å². The lowest BCUT2D eigenvalue weighted by Crippen LogP contribution is -2.35. The van der Waals surface area contributed by atoms with Crippen LogP contribution in [0.2, 0.25) is 0 Å². The van der Waals surface area contributed by atoms with Gasteiger partial charge in [-0.2, -0.15) is 5.26 Å². The second-order valence-corrected chi connectivity index (χ2v) is 3.63. The fraction of sp³-hybridized carbons (Fsp3) is 0.333. The highest BCUT2D eigenvalue weighted by molar-refractivity contribution is 5.80. The molecule has 0 radical (unpaired) electrons. The summed E-state index contributed by atoms with van der Waals surface area (Å²) in [4.78, 5) is 13.0. The number of nitriles is 1. The molecule has 0 saturated carbocycles. The van der Waals surface area contributed by atoms with Gasteiger partial charge in [0.2, 0.25) is 0 Å². The number of rotatable bonds is 3. The van der Waals surface area contributed by atoms with Gasteiger partial charge in [0, 0.05) is 14.1 Å². The standard InChI is InChI=1S/C12H14N2O2/c1-9(12(15)14(2)3)16-11-6-4-10(8-13)5-7-11/h4-7,9H,1-3H3/t9-/m1/s1. The normalized spacial score (nSPS) is 11.4. The summed E-state index contributed by atoms with van der Waals surface area (Å²) in [6.07, 6.45) is -0.525. The lowest BCUT2D eigenvalue weighted by Gasteiger charge is -2.18. The van der Waals surface area contributed by atoms with E-state index in [1.165, 1.54) is 4.90 Å². The van der Waals surface area contributed by atoms with E-state index in [-0.39, 0.29) is 5.91 Å². The molecule has 0 aliphatic rings. The highest BCUT2D eigenvalue weighted by Crippen LogP contribution is 2.13. The summed E-state index contributed by atoms with van der Waals surface area (Å²) >= 11 is 0.